The number of aromatic nitrogens is 1. The first kappa shape index (κ1) is 22.3. The van der Waals surface area contributed by atoms with Gasteiger partial charge in [0.1, 0.15) is 11.5 Å². The molecule has 9 nitrogen and oxygen atoms in total. The molecule has 2 aromatic carbocycles. The molecule has 1 saturated heterocycles. The molecule has 1 aromatic heterocycles. The van der Waals surface area contributed by atoms with Crippen molar-refractivity contribution in [2.24, 2.45) is 10.2 Å². The van der Waals surface area contributed by atoms with Gasteiger partial charge in [0.15, 0.2) is 12.3 Å². The highest BCUT2D eigenvalue weighted by Crippen LogP contribution is 2.40. The average molecular weight is 503 g/mol. The Morgan fingerprint density at radius 3 is 2.59 bits per heavy atom. The topological polar surface area (TPSA) is 97.9 Å². The molecule has 4 rings (SSSR count). The molecule has 3 aromatic rings. The number of halogens is 1. The van der Waals surface area contributed by atoms with Crippen LogP contribution in [0, 0.1) is 0 Å². The molecule has 0 radical (unpaired) electrons. The molecule has 32 heavy (non-hydrogen) atoms. The van der Waals surface area contributed by atoms with Crippen LogP contribution in [0.2, 0.25) is 0 Å². The molecular weight excluding hydrogens is 480 g/mol. The lowest BCUT2D eigenvalue weighted by atomic mass is 10.2. The highest BCUT2D eigenvalue weighted by molar-refractivity contribution is 9.10. The van der Waals surface area contributed by atoms with Gasteiger partial charge in [0.25, 0.3) is 0 Å². The van der Waals surface area contributed by atoms with E-state index in [2.05, 4.69) is 31.1 Å². The largest absolute Gasteiger partial charge is 0.497 e. The van der Waals surface area contributed by atoms with E-state index in [0.29, 0.717) is 36.8 Å². The third-order valence-corrected chi connectivity index (χ3v) is 5.59. The molecule has 1 aliphatic rings. The van der Waals surface area contributed by atoms with Crippen molar-refractivity contribution in [3.63, 3.8) is 0 Å². The fourth-order valence-electron chi connectivity index (χ4n) is 3.43. The second kappa shape index (κ2) is 10.1. The van der Waals surface area contributed by atoms with Crippen LogP contribution in [-0.2, 0) is 16.2 Å². The van der Waals surface area contributed by atoms with Gasteiger partial charge in [0.05, 0.1) is 32.5 Å². The van der Waals surface area contributed by atoms with Gasteiger partial charge in [0.2, 0.25) is 5.88 Å². The third kappa shape index (κ3) is 5.09. The number of carbonyl (C=O) groups is 1. The summed E-state index contributed by atoms with van der Waals surface area (Å²) in [4.78, 5) is 14.4. The van der Waals surface area contributed by atoms with Crippen LogP contribution in [0.1, 0.15) is 0 Å². The Morgan fingerprint density at radius 1 is 1.16 bits per heavy atom. The summed E-state index contributed by atoms with van der Waals surface area (Å²) < 4.78 is 18.5. The Labute approximate surface area is 193 Å². The van der Waals surface area contributed by atoms with E-state index in [1.54, 1.807) is 35.9 Å². The van der Waals surface area contributed by atoms with Crippen LogP contribution < -0.4 is 9.47 Å². The first-order chi connectivity index (χ1) is 15.5. The number of azo groups is 1. The van der Waals surface area contributed by atoms with Gasteiger partial charge in [0, 0.05) is 22.9 Å². The number of ether oxygens (including phenoxy) is 3. The fraction of sp³-hybridized carbons (Fsp3) is 0.318. The molecule has 1 aliphatic heterocycles. The summed E-state index contributed by atoms with van der Waals surface area (Å²) in [5.41, 5.74) is 1.04. The zero-order chi connectivity index (χ0) is 22.5. The number of nitrogens with zero attached hydrogens (tertiary/aromatic N) is 4. The van der Waals surface area contributed by atoms with E-state index in [1.807, 2.05) is 18.2 Å². The van der Waals surface area contributed by atoms with Crippen LogP contribution in [0.15, 0.2) is 57.2 Å². The number of carbonyl (C=O) groups excluding carboxylic acids is 1. The molecule has 2 heterocycles. The summed E-state index contributed by atoms with van der Waals surface area (Å²) in [5, 5.41) is 19.4. The van der Waals surface area contributed by atoms with Gasteiger partial charge in [-0.2, -0.15) is 0 Å². The Bertz CT molecular complexity index is 1120. The van der Waals surface area contributed by atoms with E-state index in [9.17, 15) is 9.90 Å². The van der Waals surface area contributed by atoms with Crippen molar-refractivity contribution in [1.82, 2.24) is 9.47 Å². The average Bonchev–Trinajstić information content (AvgIpc) is 3.07. The minimum Gasteiger partial charge on any atom is -0.497 e. The Hall–Kier alpha value is -2.95. The molecule has 0 atom stereocenters. The second-order valence-electron chi connectivity index (χ2n) is 7.19. The lowest BCUT2D eigenvalue weighted by Crippen LogP contribution is -2.37. The highest BCUT2D eigenvalue weighted by Gasteiger charge is 2.20. The Balaban J connectivity index is 1.51. The maximum Gasteiger partial charge on any atom is 0.302 e. The molecule has 1 N–H and O–H groups in total. The number of benzene rings is 2. The summed E-state index contributed by atoms with van der Waals surface area (Å²) in [7, 11) is 1.58. The molecule has 0 aliphatic carbocycles. The van der Waals surface area contributed by atoms with Crippen LogP contribution >= 0.6 is 15.9 Å². The predicted molar refractivity (Wildman–Crippen MR) is 122 cm³/mol. The van der Waals surface area contributed by atoms with Gasteiger partial charge in [-0.25, -0.2) is 0 Å². The molecule has 1 fully saturated rings. The normalized spacial score (nSPS) is 14.8. The second-order valence-corrected chi connectivity index (χ2v) is 8.11. The van der Waals surface area contributed by atoms with Crippen LogP contribution in [0.3, 0.4) is 0 Å². The molecule has 1 amide bonds. The van der Waals surface area contributed by atoms with Crippen LogP contribution in [0.25, 0.3) is 10.9 Å². The molecule has 0 unspecified atom stereocenters. The van der Waals surface area contributed by atoms with E-state index >= 15 is 0 Å². The van der Waals surface area contributed by atoms with Crippen LogP contribution in [0.4, 0.5) is 5.69 Å². The van der Waals surface area contributed by atoms with E-state index in [-0.39, 0.29) is 18.2 Å². The van der Waals surface area contributed by atoms with Crippen molar-refractivity contribution in [2.45, 2.75) is 6.67 Å². The monoisotopic (exact) mass is 502 g/mol. The number of hydrogen-bond donors (Lipinski definition) is 1. The van der Waals surface area contributed by atoms with Crippen molar-refractivity contribution < 1.29 is 24.1 Å². The first-order valence-corrected chi connectivity index (χ1v) is 10.9. The molecule has 0 bridgehead atoms. The van der Waals surface area contributed by atoms with Crippen molar-refractivity contribution in [3.8, 4) is 17.4 Å². The standard InChI is InChI=1S/C22H23BrN4O5/c1-30-16-3-5-17(6-4-16)32-13-20(28)24-25-21-18-12-15(23)2-7-19(18)27(22(21)29)14-26-8-10-31-11-9-26/h2-7,12,29H,8-11,13-14H2,1H3. The zero-order valence-electron chi connectivity index (χ0n) is 17.5. The molecule has 168 valence electrons. The van der Waals surface area contributed by atoms with Crippen molar-refractivity contribution >= 4 is 38.4 Å². The number of rotatable bonds is 7. The number of hydrogen-bond acceptors (Lipinski definition) is 7. The van der Waals surface area contributed by atoms with E-state index < -0.39 is 5.91 Å². The van der Waals surface area contributed by atoms with Gasteiger partial charge in [-0.1, -0.05) is 15.9 Å². The maximum absolute atomic E-state index is 12.2. The minimum atomic E-state index is -0.565. The summed E-state index contributed by atoms with van der Waals surface area (Å²) in [6.45, 7) is 3.06. The van der Waals surface area contributed by atoms with Crippen molar-refractivity contribution in [2.75, 3.05) is 40.0 Å². The number of morpholine rings is 1. The smallest absolute Gasteiger partial charge is 0.302 e. The lowest BCUT2D eigenvalue weighted by molar-refractivity contribution is -0.120. The van der Waals surface area contributed by atoms with Gasteiger partial charge in [-0.3, -0.25) is 14.3 Å². The maximum atomic E-state index is 12.2. The van der Waals surface area contributed by atoms with E-state index in [4.69, 9.17) is 14.2 Å². The van der Waals surface area contributed by atoms with Gasteiger partial charge in [-0.05, 0) is 42.5 Å². The molecule has 10 heteroatoms. The number of aromatic hydroxyl groups is 1. The summed E-state index contributed by atoms with van der Waals surface area (Å²) in [6.07, 6.45) is 0. The SMILES string of the molecule is COc1ccc(OCC(=O)N=Nc2c(O)n(CN3CCOCC3)c3ccc(Br)cc23)cc1. The first-order valence-electron chi connectivity index (χ1n) is 10.1. The quantitative estimate of drug-likeness (QED) is 0.488. The lowest BCUT2D eigenvalue weighted by Gasteiger charge is -2.27. The fourth-order valence-corrected chi connectivity index (χ4v) is 3.79. The van der Waals surface area contributed by atoms with E-state index in [0.717, 1.165) is 23.1 Å². The Kier molecular flexibility index (Phi) is 7.03. The summed E-state index contributed by atoms with van der Waals surface area (Å²) >= 11 is 3.45. The Morgan fingerprint density at radius 2 is 1.88 bits per heavy atom. The number of methoxy groups -OCH3 is 1. The predicted octanol–water partition coefficient (Wildman–Crippen LogP) is 4.10. The number of amides is 1. The molecule has 0 spiro atoms. The van der Waals surface area contributed by atoms with Crippen LogP contribution in [0.5, 0.6) is 17.4 Å². The molecular formula is C22H23BrN4O5. The van der Waals surface area contributed by atoms with Crippen LogP contribution in [-0.4, -0.2) is 60.5 Å². The highest BCUT2D eigenvalue weighted by atomic mass is 79.9. The van der Waals surface area contributed by atoms with Gasteiger partial charge >= 0.3 is 5.91 Å². The van der Waals surface area contributed by atoms with Crippen molar-refractivity contribution in [1.29, 1.82) is 0 Å². The minimum absolute atomic E-state index is 0.0442. The zero-order valence-corrected chi connectivity index (χ0v) is 19.1. The molecule has 0 saturated carbocycles. The van der Waals surface area contributed by atoms with Crippen molar-refractivity contribution in [3.05, 3.63) is 46.9 Å². The summed E-state index contributed by atoms with van der Waals surface area (Å²) in [5.74, 6) is 0.600. The number of fused-ring (bicyclic) bond motifs is 1. The van der Waals surface area contributed by atoms with Gasteiger partial charge < -0.3 is 19.3 Å². The van der Waals surface area contributed by atoms with Gasteiger partial charge in [-0.15, -0.1) is 10.2 Å². The van der Waals surface area contributed by atoms with E-state index in [1.165, 1.54) is 0 Å². The third-order valence-electron chi connectivity index (χ3n) is 5.10. The summed E-state index contributed by atoms with van der Waals surface area (Å²) in [6, 6.07) is 12.5.